The lowest BCUT2D eigenvalue weighted by Gasteiger charge is -2.53. The summed E-state index contributed by atoms with van der Waals surface area (Å²) in [4.78, 5) is 8.12. The summed E-state index contributed by atoms with van der Waals surface area (Å²) in [6, 6.07) is 59.5. The molecule has 0 radical (unpaired) electrons. The summed E-state index contributed by atoms with van der Waals surface area (Å²) in [5.41, 5.74) is 25.6. The number of rotatable bonds is 5. The first-order valence-electron chi connectivity index (χ1n) is 30.2. The second-order valence-corrected chi connectivity index (χ2v) is 30.2. The standard InChI is InChI=1S/C76H84BN3O/c1-70(2,3)48-25-31-53(32-26-48)78(54-33-27-49(28-34-54)71(4,5)6)55-45-63-66-64(46-55)80-67-59(75(16)39-21-22-40-76(75,80)17)43-52(74(13,14)15)44-61(67)77(66)60-36-35-56-58-42-51(73(10,11)12)30-38-65(58)81-69(56)68(60)79(63)62-37-29-50(72(7,8)9)41-57(62)47-23-19-18-20-24-47/h18-20,23-38,41-46H,21-22,39-40H2,1-17H3. The van der Waals surface area contributed by atoms with Gasteiger partial charge in [0, 0.05) is 50.2 Å². The Balaban J connectivity index is 1.22. The topological polar surface area (TPSA) is 22.9 Å². The van der Waals surface area contributed by atoms with Gasteiger partial charge in [0.15, 0.2) is 5.58 Å². The first-order chi connectivity index (χ1) is 38.1. The highest BCUT2D eigenvalue weighted by Crippen LogP contribution is 2.63. The molecule has 5 heteroatoms. The second kappa shape index (κ2) is 17.8. The minimum atomic E-state index is -0.189. The number of benzene rings is 8. The fraction of sp³-hybridized carbons (Fsp3) is 0.368. The average molecular weight is 1070 g/mol. The van der Waals surface area contributed by atoms with Gasteiger partial charge in [0.25, 0.3) is 6.71 Å². The van der Waals surface area contributed by atoms with Crippen LogP contribution in [0.1, 0.15) is 177 Å². The van der Waals surface area contributed by atoms with E-state index in [2.05, 4.69) is 284 Å². The van der Waals surface area contributed by atoms with E-state index in [4.69, 9.17) is 4.42 Å². The lowest BCUT2D eigenvalue weighted by Crippen LogP contribution is -2.64. The van der Waals surface area contributed by atoms with Crippen molar-refractivity contribution < 1.29 is 4.42 Å². The Kier molecular flexibility index (Phi) is 11.7. The molecule has 1 aromatic heterocycles. The molecule has 4 nitrogen and oxygen atoms in total. The quantitative estimate of drug-likeness (QED) is 0.160. The third-order valence-corrected chi connectivity index (χ3v) is 19.8. The van der Waals surface area contributed by atoms with E-state index in [1.807, 2.05) is 0 Å². The van der Waals surface area contributed by atoms with Gasteiger partial charge in [-0.2, -0.15) is 0 Å². The van der Waals surface area contributed by atoms with Crippen LogP contribution in [0.15, 0.2) is 156 Å². The molecule has 0 saturated heterocycles. The van der Waals surface area contributed by atoms with Crippen molar-refractivity contribution in [3.8, 4) is 11.1 Å². The minimum absolute atomic E-state index is 0.00170. The Morgan fingerprint density at radius 3 is 1.62 bits per heavy atom. The molecule has 0 N–H and O–H groups in total. The molecule has 81 heavy (non-hydrogen) atoms. The van der Waals surface area contributed by atoms with Crippen molar-refractivity contribution >= 4 is 90.5 Å². The number of furan rings is 1. The summed E-state index contributed by atoms with van der Waals surface area (Å²) in [6.07, 6.45) is 4.69. The van der Waals surface area contributed by atoms with Crippen LogP contribution in [-0.4, -0.2) is 12.3 Å². The molecule has 4 aliphatic rings. The van der Waals surface area contributed by atoms with Gasteiger partial charge in [-0.3, -0.25) is 0 Å². The number of hydrogen-bond acceptors (Lipinski definition) is 4. The monoisotopic (exact) mass is 1070 g/mol. The first kappa shape index (κ1) is 53.3. The number of nitrogens with zero attached hydrogens (tertiary/aromatic N) is 3. The molecule has 13 rings (SSSR count). The highest BCUT2D eigenvalue weighted by atomic mass is 16.3. The van der Waals surface area contributed by atoms with Crippen molar-refractivity contribution in [2.45, 2.75) is 181 Å². The smallest absolute Gasteiger partial charge is 0.252 e. The largest absolute Gasteiger partial charge is 0.454 e. The molecule has 2 atom stereocenters. The average Bonchev–Trinajstić information content (AvgIpc) is 2.64. The number of fused-ring (bicyclic) bond motifs is 11. The van der Waals surface area contributed by atoms with Gasteiger partial charge in [-0.1, -0.05) is 215 Å². The van der Waals surface area contributed by atoms with Crippen LogP contribution < -0.4 is 31.1 Å². The Morgan fingerprint density at radius 1 is 0.457 bits per heavy atom. The summed E-state index contributed by atoms with van der Waals surface area (Å²) in [6.45, 7) is 40.2. The van der Waals surface area contributed by atoms with Crippen LogP contribution in [-0.2, 0) is 32.5 Å². The molecular weight excluding hydrogens is 982 g/mol. The van der Waals surface area contributed by atoms with E-state index in [1.54, 1.807) is 0 Å². The lowest BCUT2D eigenvalue weighted by molar-refractivity contribution is 0.195. The Hall–Kier alpha value is -6.98. The van der Waals surface area contributed by atoms with Gasteiger partial charge in [0.1, 0.15) is 5.58 Å². The maximum atomic E-state index is 7.51. The van der Waals surface area contributed by atoms with Gasteiger partial charge in [-0.25, -0.2) is 0 Å². The molecule has 8 aromatic carbocycles. The third-order valence-electron chi connectivity index (χ3n) is 19.8. The zero-order chi connectivity index (χ0) is 57.3. The Morgan fingerprint density at radius 2 is 1.01 bits per heavy atom. The van der Waals surface area contributed by atoms with E-state index in [0.717, 1.165) is 63.2 Å². The zero-order valence-electron chi connectivity index (χ0n) is 51.6. The van der Waals surface area contributed by atoms with Crippen molar-refractivity contribution in [3.05, 3.63) is 185 Å². The fourth-order valence-corrected chi connectivity index (χ4v) is 14.6. The van der Waals surface area contributed by atoms with E-state index >= 15 is 0 Å². The van der Waals surface area contributed by atoms with E-state index in [0.29, 0.717) is 0 Å². The SMILES string of the molecule is CC(C)(C)c1ccc(N(c2ccc(C(C)(C)C)cc2)c2cc3c4c(c2)N2c5c(cc(C(C)(C)C)cc5C5(C)CCCCC25C)B4c2ccc4c(oc5ccc(C(C)(C)C)cc54)c2N3c2ccc(C(C)(C)C)cc2-c2ccccc2)cc1. The number of hydrogen-bond donors (Lipinski definition) is 0. The van der Waals surface area contributed by atoms with Crippen molar-refractivity contribution in [2.75, 3.05) is 14.7 Å². The molecule has 9 aromatic rings. The summed E-state index contributed by atoms with van der Waals surface area (Å²) in [5, 5.41) is 2.30. The van der Waals surface area contributed by atoms with Crippen LogP contribution >= 0.6 is 0 Å². The van der Waals surface area contributed by atoms with Crippen molar-refractivity contribution in [2.24, 2.45) is 0 Å². The Labute approximate surface area is 484 Å². The summed E-state index contributed by atoms with van der Waals surface area (Å²) in [7, 11) is 0. The van der Waals surface area contributed by atoms with Crippen LogP contribution in [0.5, 0.6) is 0 Å². The van der Waals surface area contributed by atoms with Gasteiger partial charge in [0.05, 0.1) is 22.6 Å². The highest BCUT2D eigenvalue weighted by molar-refractivity contribution is 7.00. The summed E-state index contributed by atoms with van der Waals surface area (Å²) >= 11 is 0. The van der Waals surface area contributed by atoms with E-state index < -0.39 is 0 Å². The third kappa shape index (κ3) is 8.19. The van der Waals surface area contributed by atoms with Crippen molar-refractivity contribution in [1.82, 2.24) is 0 Å². The van der Waals surface area contributed by atoms with Gasteiger partial charge in [-0.15, -0.1) is 0 Å². The molecule has 1 saturated carbocycles. The number of anilines is 8. The predicted octanol–water partition coefficient (Wildman–Crippen LogP) is 19.6. The van der Waals surface area contributed by atoms with Crippen LogP contribution in [0.4, 0.5) is 45.5 Å². The van der Waals surface area contributed by atoms with Gasteiger partial charge >= 0.3 is 0 Å². The predicted molar refractivity (Wildman–Crippen MR) is 349 cm³/mol. The molecule has 3 aliphatic heterocycles. The van der Waals surface area contributed by atoms with E-state index in [-0.39, 0.29) is 44.7 Å². The molecule has 2 unspecified atom stereocenters. The highest BCUT2D eigenvalue weighted by Gasteiger charge is 2.62. The molecule has 0 bridgehead atoms. The minimum Gasteiger partial charge on any atom is -0.454 e. The van der Waals surface area contributed by atoms with Crippen LogP contribution in [0.3, 0.4) is 0 Å². The molecule has 0 spiro atoms. The summed E-state index contributed by atoms with van der Waals surface area (Å²) in [5.74, 6) is 0. The van der Waals surface area contributed by atoms with Gasteiger partial charge in [0.2, 0.25) is 0 Å². The first-order valence-corrected chi connectivity index (χ1v) is 30.2. The molecule has 412 valence electrons. The van der Waals surface area contributed by atoms with Gasteiger partial charge in [-0.05, 0) is 163 Å². The molecular formula is C76H84BN3O. The summed E-state index contributed by atoms with van der Waals surface area (Å²) < 4.78 is 7.51. The second-order valence-electron chi connectivity index (χ2n) is 30.2. The Bertz CT molecular complexity index is 3940. The maximum absolute atomic E-state index is 7.51. The zero-order valence-corrected chi connectivity index (χ0v) is 51.6. The maximum Gasteiger partial charge on any atom is 0.252 e. The fourth-order valence-electron chi connectivity index (χ4n) is 14.6. The van der Waals surface area contributed by atoms with Crippen LogP contribution in [0.25, 0.3) is 33.1 Å². The van der Waals surface area contributed by atoms with Crippen molar-refractivity contribution in [1.29, 1.82) is 0 Å². The lowest BCUT2D eigenvalue weighted by atomic mass is 9.33. The molecule has 4 heterocycles. The molecule has 1 fully saturated rings. The normalized spacial score (nSPS) is 18.8. The molecule has 0 amide bonds. The van der Waals surface area contributed by atoms with E-state index in [9.17, 15) is 0 Å². The van der Waals surface area contributed by atoms with Crippen molar-refractivity contribution in [3.63, 3.8) is 0 Å². The molecule has 1 aliphatic carbocycles. The van der Waals surface area contributed by atoms with Crippen LogP contribution in [0, 0.1) is 0 Å². The van der Waals surface area contributed by atoms with E-state index in [1.165, 1.54) is 90.8 Å². The van der Waals surface area contributed by atoms with Crippen LogP contribution in [0.2, 0.25) is 0 Å². The van der Waals surface area contributed by atoms with Gasteiger partial charge < -0.3 is 19.1 Å².